The zero-order valence-corrected chi connectivity index (χ0v) is 19.8. The van der Waals surface area contributed by atoms with Gasteiger partial charge in [-0.2, -0.15) is 4.98 Å². The number of aromatic nitrogens is 4. The summed E-state index contributed by atoms with van der Waals surface area (Å²) in [7, 11) is 1.56. The van der Waals surface area contributed by atoms with Crippen molar-refractivity contribution >= 4 is 22.6 Å². The van der Waals surface area contributed by atoms with Crippen molar-refractivity contribution in [2.75, 3.05) is 7.11 Å². The molecule has 36 heavy (non-hydrogen) atoms. The van der Waals surface area contributed by atoms with Gasteiger partial charge in [0.05, 0.1) is 29.7 Å². The highest BCUT2D eigenvalue weighted by Gasteiger charge is 2.27. The van der Waals surface area contributed by atoms with Gasteiger partial charge in [-0.15, -0.1) is 0 Å². The summed E-state index contributed by atoms with van der Waals surface area (Å²) in [6.45, 7) is 1.84. The number of fused-ring (bicyclic) bond motifs is 2. The normalized spacial score (nSPS) is 12.9. The van der Waals surface area contributed by atoms with Crippen LogP contribution in [0.3, 0.4) is 0 Å². The van der Waals surface area contributed by atoms with Crippen LogP contribution in [0.4, 0.5) is 0 Å². The molecule has 3 aromatic heterocycles. The third kappa shape index (κ3) is 4.38. The first-order valence-electron chi connectivity index (χ1n) is 11.5. The lowest BCUT2D eigenvalue weighted by Crippen LogP contribution is -2.31. The predicted molar refractivity (Wildman–Crippen MR) is 135 cm³/mol. The Balaban J connectivity index is 1.49. The van der Waals surface area contributed by atoms with Crippen LogP contribution < -0.4 is 15.6 Å². The molecule has 1 amide bonds. The fraction of sp³-hybridized carbons (Fsp3) is 0.185. The second kappa shape index (κ2) is 9.53. The monoisotopic (exact) mass is 483 g/mol. The number of amides is 1. The molecular formula is C27H25N5O4. The SMILES string of the molecule is COc1ccc(C(CC(=O)N[C@@H](C)c2nc3ccccc3[nH]2)c2c(O)nc3ccccn3c2=O)cc1. The molecule has 1 unspecified atom stereocenters. The van der Waals surface area contributed by atoms with Crippen LogP contribution in [0.1, 0.15) is 42.3 Å². The lowest BCUT2D eigenvalue weighted by Gasteiger charge is -2.20. The lowest BCUT2D eigenvalue weighted by molar-refractivity contribution is -0.122. The maximum absolute atomic E-state index is 13.4. The van der Waals surface area contributed by atoms with Gasteiger partial charge in [-0.1, -0.05) is 30.3 Å². The first-order chi connectivity index (χ1) is 17.4. The summed E-state index contributed by atoms with van der Waals surface area (Å²) < 4.78 is 6.61. The van der Waals surface area contributed by atoms with Crippen molar-refractivity contribution in [3.63, 3.8) is 0 Å². The zero-order chi connectivity index (χ0) is 25.2. The number of nitrogens with zero attached hydrogens (tertiary/aromatic N) is 3. The van der Waals surface area contributed by atoms with Crippen LogP contribution in [0.15, 0.2) is 77.7 Å². The topological polar surface area (TPSA) is 122 Å². The maximum atomic E-state index is 13.4. The molecule has 0 saturated carbocycles. The standard InChI is InChI=1S/C27H25N5O4/c1-16(25-29-20-7-3-4-8-21(20)30-25)28-23(33)15-19(17-10-12-18(36-2)13-11-17)24-26(34)31-22-9-5-6-14-32(22)27(24)35/h3-14,16,19,34H,15H2,1-2H3,(H,28,33)(H,29,30)/t16-,19?/m0/s1. The number of ether oxygens (including phenoxy) is 1. The van der Waals surface area contributed by atoms with Gasteiger partial charge in [-0.3, -0.25) is 14.0 Å². The molecule has 0 fully saturated rings. The lowest BCUT2D eigenvalue weighted by atomic mass is 9.89. The summed E-state index contributed by atoms with van der Waals surface area (Å²) >= 11 is 0. The van der Waals surface area contributed by atoms with Gasteiger partial charge in [-0.05, 0) is 48.9 Å². The van der Waals surface area contributed by atoms with Crippen LogP contribution in [-0.2, 0) is 4.79 Å². The van der Waals surface area contributed by atoms with Gasteiger partial charge in [0, 0.05) is 18.5 Å². The number of H-pyrrole nitrogens is 1. The van der Waals surface area contributed by atoms with E-state index in [0.717, 1.165) is 11.0 Å². The molecule has 5 aromatic rings. The first-order valence-corrected chi connectivity index (χ1v) is 11.5. The zero-order valence-electron chi connectivity index (χ0n) is 19.8. The van der Waals surface area contributed by atoms with Crippen LogP contribution in [0.5, 0.6) is 11.6 Å². The Bertz CT molecular complexity index is 1570. The fourth-order valence-corrected chi connectivity index (χ4v) is 4.35. The minimum absolute atomic E-state index is 0.0513. The third-order valence-electron chi connectivity index (χ3n) is 6.20. The van der Waals surface area contributed by atoms with Gasteiger partial charge in [0.25, 0.3) is 5.56 Å². The van der Waals surface area contributed by atoms with E-state index in [1.165, 1.54) is 4.40 Å². The number of aromatic amines is 1. The van der Waals surface area contributed by atoms with E-state index in [9.17, 15) is 14.7 Å². The number of para-hydroxylation sites is 2. The number of benzene rings is 2. The molecule has 0 saturated heterocycles. The Labute approximate surface area is 206 Å². The minimum Gasteiger partial charge on any atom is -0.497 e. The van der Waals surface area contributed by atoms with Crippen molar-refractivity contribution in [2.24, 2.45) is 0 Å². The van der Waals surface area contributed by atoms with Crippen LogP contribution in [0, 0.1) is 0 Å². The molecule has 2 atom stereocenters. The summed E-state index contributed by atoms with van der Waals surface area (Å²) in [6.07, 6.45) is 1.50. The second-order valence-electron chi connectivity index (χ2n) is 8.54. The molecule has 0 radical (unpaired) electrons. The Morgan fingerprint density at radius 3 is 2.58 bits per heavy atom. The Morgan fingerprint density at radius 2 is 1.83 bits per heavy atom. The van der Waals surface area contributed by atoms with Gasteiger partial charge in [0.15, 0.2) is 0 Å². The van der Waals surface area contributed by atoms with Gasteiger partial charge in [-0.25, -0.2) is 4.98 Å². The van der Waals surface area contributed by atoms with E-state index in [2.05, 4.69) is 20.3 Å². The molecule has 9 nitrogen and oxygen atoms in total. The van der Waals surface area contributed by atoms with Crippen molar-refractivity contribution < 1.29 is 14.6 Å². The van der Waals surface area contributed by atoms with Crippen LogP contribution >= 0.6 is 0 Å². The van der Waals surface area contributed by atoms with E-state index in [4.69, 9.17) is 4.74 Å². The predicted octanol–water partition coefficient (Wildman–Crippen LogP) is 3.68. The Hall–Kier alpha value is -4.66. The average molecular weight is 484 g/mol. The summed E-state index contributed by atoms with van der Waals surface area (Å²) in [4.78, 5) is 38.6. The maximum Gasteiger partial charge on any atom is 0.265 e. The number of methoxy groups -OCH3 is 1. The molecule has 5 rings (SSSR count). The Morgan fingerprint density at radius 1 is 1.08 bits per heavy atom. The van der Waals surface area contributed by atoms with E-state index in [0.29, 0.717) is 22.8 Å². The Kier molecular flexibility index (Phi) is 6.12. The van der Waals surface area contributed by atoms with Crippen LogP contribution in [0.25, 0.3) is 16.7 Å². The van der Waals surface area contributed by atoms with Crippen molar-refractivity contribution in [1.82, 2.24) is 24.7 Å². The molecule has 9 heteroatoms. The van der Waals surface area contributed by atoms with E-state index < -0.39 is 23.4 Å². The number of imidazole rings is 1. The number of pyridine rings is 1. The molecule has 0 aliphatic heterocycles. The molecule has 0 spiro atoms. The van der Waals surface area contributed by atoms with E-state index in [-0.39, 0.29) is 17.9 Å². The van der Waals surface area contributed by atoms with Gasteiger partial charge in [0.2, 0.25) is 11.8 Å². The van der Waals surface area contributed by atoms with Crippen molar-refractivity contribution in [1.29, 1.82) is 0 Å². The van der Waals surface area contributed by atoms with Gasteiger partial charge in [0.1, 0.15) is 17.2 Å². The summed E-state index contributed by atoms with van der Waals surface area (Å²) in [5, 5.41) is 13.7. The highest BCUT2D eigenvalue weighted by molar-refractivity contribution is 5.79. The number of aromatic hydroxyl groups is 1. The molecule has 3 heterocycles. The summed E-state index contributed by atoms with van der Waals surface area (Å²) in [5.74, 6) is -0.180. The number of carbonyl (C=O) groups is 1. The van der Waals surface area contributed by atoms with Crippen molar-refractivity contribution in [2.45, 2.75) is 25.3 Å². The summed E-state index contributed by atoms with van der Waals surface area (Å²) in [5.41, 5.74) is 2.30. The molecular weight excluding hydrogens is 458 g/mol. The quantitative estimate of drug-likeness (QED) is 0.325. The fourth-order valence-electron chi connectivity index (χ4n) is 4.35. The molecule has 0 aliphatic carbocycles. The number of hydrogen-bond donors (Lipinski definition) is 3. The van der Waals surface area contributed by atoms with Gasteiger partial charge < -0.3 is 20.1 Å². The van der Waals surface area contributed by atoms with E-state index in [1.807, 2.05) is 31.2 Å². The van der Waals surface area contributed by atoms with E-state index >= 15 is 0 Å². The first kappa shape index (κ1) is 23.1. The van der Waals surface area contributed by atoms with Crippen molar-refractivity contribution in [3.8, 4) is 11.6 Å². The van der Waals surface area contributed by atoms with Crippen LogP contribution in [-0.4, -0.2) is 37.5 Å². The number of hydrogen-bond acceptors (Lipinski definition) is 6. The minimum atomic E-state index is -0.740. The summed E-state index contributed by atoms with van der Waals surface area (Å²) in [6, 6.07) is 19.4. The van der Waals surface area contributed by atoms with E-state index in [1.54, 1.807) is 55.8 Å². The van der Waals surface area contributed by atoms with Gasteiger partial charge >= 0.3 is 0 Å². The smallest absolute Gasteiger partial charge is 0.265 e. The number of carbonyl (C=O) groups excluding carboxylic acids is 1. The highest BCUT2D eigenvalue weighted by Crippen LogP contribution is 2.32. The van der Waals surface area contributed by atoms with Crippen LogP contribution in [0.2, 0.25) is 0 Å². The number of rotatable bonds is 7. The molecule has 0 bridgehead atoms. The van der Waals surface area contributed by atoms with Crippen molar-refractivity contribution in [3.05, 3.63) is 100 Å². The largest absolute Gasteiger partial charge is 0.497 e. The molecule has 3 N–H and O–H groups in total. The number of nitrogens with one attached hydrogen (secondary N) is 2. The average Bonchev–Trinajstić information content (AvgIpc) is 3.33. The molecule has 182 valence electrons. The second-order valence-corrected chi connectivity index (χ2v) is 8.54. The third-order valence-corrected chi connectivity index (χ3v) is 6.20. The molecule has 2 aromatic carbocycles. The highest BCUT2D eigenvalue weighted by atomic mass is 16.5. The molecule has 0 aliphatic rings.